The Hall–Kier alpha value is -2.44. The van der Waals surface area contributed by atoms with Crippen molar-refractivity contribution < 1.29 is 29.2 Å². The lowest BCUT2D eigenvalue weighted by molar-refractivity contribution is -0.0662. The van der Waals surface area contributed by atoms with Crippen LogP contribution in [0.3, 0.4) is 0 Å². The molecule has 0 atom stereocenters. The van der Waals surface area contributed by atoms with Gasteiger partial charge in [-0.1, -0.05) is 0 Å². The van der Waals surface area contributed by atoms with Gasteiger partial charge in [-0.15, -0.1) is 0 Å². The summed E-state index contributed by atoms with van der Waals surface area (Å²) in [6.07, 6.45) is 0. The highest BCUT2D eigenvalue weighted by Gasteiger charge is 1.96. The zero-order valence-corrected chi connectivity index (χ0v) is 12.7. The summed E-state index contributed by atoms with van der Waals surface area (Å²) < 4.78 is 21.4. The predicted molar refractivity (Wildman–Crippen MR) is 84.0 cm³/mol. The molecular weight excluding hydrogens is 300 g/mol. The highest BCUT2D eigenvalue weighted by molar-refractivity contribution is 5.30. The van der Waals surface area contributed by atoms with Crippen LogP contribution in [0.4, 0.5) is 0 Å². The van der Waals surface area contributed by atoms with Crippen LogP contribution in [0.15, 0.2) is 48.5 Å². The molecule has 6 nitrogen and oxygen atoms in total. The third-order valence-corrected chi connectivity index (χ3v) is 2.83. The first-order valence-corrected chi connectivity index (χ1v) is 7.23. The first-order valence-electron chi connectivity index (χ1n) is 7.23. The topological polar surface area (TPSA) is 77.4 Å². The van der Waals surface area contributed by atoms with Crippen LogP contribution >= 0.6 is 0 Å². The van der Waals surface area contributed by atoms with E-state index in [1.54, 1.807) is 48.5 Å². The van der Waals surface area contributed by atoms with Gasteiger partial charge in [0.1, 0.15) is 43.0 Å². The van der Waals surface area contributed by atoms with E-state index in [-0.39, 0.29) is 18.3 Å². The molecule has 0 aromatic heterocycles. The minimum absolute atomic E-state index is 0.165. The van der Waals surface area contributed by atoms with Gasteiger partial charge in [0.05, 0.1) is 13.2 Å². The summed E-state index contributed by atoms with van der Waals surface area (Å²) in [7, 11) is 0. The Bertz CT molecular complexity index is 501. The number of hydrogen-bond donors (Lipinski definition) is 2. The van der Waals surface area contributed by atoms with E-state index in [0.717, 1.165) is 0 Å². The van der Waals surface area contributed by atoms with E-state index in [2.05, 4.69) is 0 Å². The van der Waals surface area contributed by atoms with Gasteiger partial charge in [0.25, 0.3) is 0 Å². The van der Waals surface area contributed by atoms with Crippen LogP contribution in [0.5, 0.6) is 23.0 Å². The molecule has 6 heteroatoms. The van der Waals surface area contributed by atoms with Crippen LogP contribution in [0, 0.1) is 0 Å². The number of aromatic hydroxyl groups is 2. The van der Waals surface area contributed by atoms with Crippen LogP contribution in [0.2, 0.25) is 0 Å². The molecular formula is C17H20O6. The molecule has 0 radical (unpaired) electrons. The monoisotopic (exact) mass is 320 g/mol. The maximum Gasteiger partial charge on any atom is 0.147 e. The normalized spacial score (nSPS) is 10.4. The largest absolute Gasteiger partial charge is 0.508 e. The number of phenolic OH excluding ortho intramolecular Hbond substituents is 2. The molecule has 0 amide bonds. The summed E-state index contributed by atoms with van der Waals surface area (Å²) in [5, 5.41) is 18.3. The summed E-state index contributed by atoms with van der Waals surface area (Å²) in [6.45, 7) is 1.77. The quantitative estimate of drug-likeness (QED) is 0.517. The van der Waals surface area contributed by atoms with E-state index in [0.29, 0.717) is 37.9 Å². The molecule has 0 spiro atoms. The number of ether oxygens (including phenoxy) is 4. The maximum atomic E-state index is 9.14. The molecule has 0 heterocycles. The van der Waals surface area contributed by atoms with E-state index < -0.39 is 0 Å². The second-order valence-electron chi connectivity index (χ2n) is 4.62. The van der Waals surface area contributed by atoms with Crippen LogP contribution in [-0.2, 0) is 9.47 Å². The molecule has 2 aromatic rings. The summed E-state index contributed by atoms with van der Waals surface area (Å²) in [5.74, 6) is 1.76. The SMILES string of the molecule is Oc1ccc(OCCOCOCCOc2ccc(O)cc2)cc1. The van der Waals surface area contributed by atoms with Gasteiger partial charge >= 0.3 is 0 Å². The van der Waals surface area contributed by atoms with Gasteiger partial charge in [-0.3, -0.25) is 0 Å². The molecule has 0 fully saturated rings. The summed E-state index contributed by atoms with van der Waals surface area (Å²) in [6, 6.07) is 13.0. The fraction of sp³-hybridized carbons (Fsp3) is 0.294. The van der Waals surface area contributed by atoms with E-state index in [1.807, 2.05) is 0 Å². The molecule has 0 unspecified atom stereocenters. The minimum atomic E-state index is 0.165. The lowest BCUT2D eigenvalue weighted by Gasteiger charge is -2.09. The molecule has 2 rings (SSSR count). The zero-order chi connectivity index (χ0) is 16.3. The summed E-state index contributed by atoms with van der Waals surface area (Å²) in [5.41, 5.74) is 0. The predicted octanol–water partition coefficient (Wildman–Crippen LogP) is 2.55. The standard InChI is InChI=1S/C17H20O6/c18-14-1-5-16(6-2-14)22-11-9-20-13-21-10-12-23-17-7-3-15(19)4-8-17/h1-8,18-19H,9-13H2. The smallest absolute Gasteiger partial charge is 0.147 e. The van der Waals surface area contributed by atoms with Crippen LogP contribution in [-0.4, -0.2) is 43.4 Å². The summed E-state index contributed by atoms with van der Waals surface area (Å²) >= 11 is 0. The molecule has 0 aliphatic carbocycles. The van der Waals surface area contributed by atoms with Gasteiger partial charge < -0.3 is 29.2 Å². The van der Waals surface area contributed by atoms with E-state index in [9.17, 15) is 0 Å². The third kappa shape index (κ3) is 6.90. The maximum absolute atomic E-state index is 9.14. The van der Waals surface area contributed by atoms with Gasteiger partial charge in [-0.05, 0) is 48.5 Å². The second-order valence-corrected chi connectivity index (χ2v) is 4.62. The van der Waals surface area contributed by atoms with E-state index in [1.165, 1.54) is 0 Å². The fourth-order valence-corrected chi connectivity index (χ4v) is 1.70. The van der Waals surface area contributed by atoms with Crippen molar-refractivity contribution in [2.45, 2.75) is 0 Å². The molecule has 0 saturated carbocycles. The first-order chi connectivity index (χ1) is 11.2. The number of hydrogen-bond acceptors (Lipinski definition) is 6. The Kier molecular flexibility index (Phi) is 7.03. The van der Waals surface area contributed by atoms with Gasteiger partial charge in [0.15, 0.2) is 0 Å². The van der Waals surface area contributed by atoms with Crippen molar-refractivity contribution in [3.05, 3.63) is 48.5 Å². The Labute approximate surface area is 134 Å². The second kappa shape index (κ2) is 9.55. The van der Waals surface area contributed by atoms with Crippen molar-refractivity contribution in [3.8, 4) is 23.0 Å². The molecule has 0 bridgehead atoms. The highest BCUT2D eigenvalue weighted by Crippen LogP contribution is 2.16. The highest BCUT2D eigenvalue weighted by atomic mass is 16.7. The van der Waals surface area contributed by atoms with Crippen molar-refractivity contribution in [3.63, 3.8) is 0 Å². The van der Waals surface area contributed by atoms with Crippen LogP contribution < -0.4 is 9.47 Å². The van der Waals surface area contributed by atoms with E-state index in [4.69, 9.17) is 29.2 Å². The van der Waals surface area contributed by atoms with E-state index >= 15 is 0 Å². The molecule has 124 valence electrons. The molecule has 2 N–H and O–H groups in total. The average molecular weight is 320 g/mol. The Morgan fingerprint density at radius 2 is 0.957 bits per heavy atom. The number of phenols is 2. The van der Waals surface area contributed by atoms with Crippen molar-refractivity contribution in [1.29, 1.82) is 0 Å². The van der Waals surface area contributed by atoms with Crippen molar-refractivity contribution in [2.24, 2.45) is 0 Å². The van der Waals surface area contributed by atoms with Crippen molar-refractivity contribution in [1.82, 2.24) is 0 Å². The van der Waals surface area contributed by atoms with Gasteiger partial charge in [-0.25, -0.2) is 0 Å². The van der Waals surface area contributed by atoms with Crippen molar-refractivity contribution >= 4 is 0 Å². The van der Waals surface area contributed by atoms with Crippen LogP contribution in [0.1, 0.15) is 0 Å². The average Bonchev–Trinajstić information content (AvgIpc) is 2.56. The van der Waals surface area contributed by atoms with Crippen LogP contribution in [0.25, 0.3) is 0 Å². The zero-order valence-electron chi connectivity index (χ0n) is 12.7. The Morgan fingerprint density at radius 3 is 1.35 bits per heavy atom. The number of benzene rings is 2. The Balaban J connectivity index is 1.43. The van der Waals surface area contributed by atoms with Gasteiger partial charge in [-0.2, -0.15) is 0 Å². The lowest BCUT2D eigenvalue weighted by Crippen LogP contribution is -2.12. The lowest BCUT2D eigenvalue weighted by atomic mass is 10.3. The minimum Gasteiger partial charge on any atom is -0.508 e. The first kappa shape index (κ1) is 16.9. The molecule has 0 aliphatic heterocycles. The molecule has 2 aromatic carbocycles. The summed E-state index contributed by atoms with van der Waals surface area (Å²) in [4.78, 5) is 0. The van der Waals surface area contributed by atoms with Gasteiger partial charge in [0.2, 0.25) is 0 Å². The molecule has 0 saturated heterocycles. The molecule has 0 aliphatic rings. The molecule has 23 heavy (non-hydrogen) atoms. The third-order valence-electron chi connectivity index (χ3n) is 2.83. The van der Waals surface area contributed by atoms with Crippen molar-refractivity contribution in [2.75, 3.05) is 33.2 Å². The van der Waals surface area contributed by atoms with Gasteiger partial charge in [0, 0.05) is 0 Å². The fourth-order valence-electron chi connectivity index (χ4n) is 1.70. The Morgan fingerprint density at radius 1 is 0.565 bits per heavy atom. The number of rotatable bonds is 10.